The van der Waals surface area contributed by atoms with E-state index in [0.29, 0.717) is 13.0 Å². The van der Waals surface area contributed by atoms with E-state index in [-0.39, 0.29) is 5.75 Å². The highest BCUT2D eigenvalue weighted by Gasteiger charge is 2.03. The third-order valence-corrected chi connectivity index (χ3v) is 3.30. The highest BCUT2D eigenvalue weighted by atomic mass is 32.2. The normalized spacial score (nSPS) is 11.9. The minimum absolute atomic E-state index is 0.240. The molecule has 0 saturated carbocycles. The van der Waals surface area contributed by atoms with Crippen molar-refractivity contribution in [2.24, 2.45) is 7.05 Å². The van der Waals surface area contributed by atoms with Gasteiger partial charge in [-0.25, -0.2) is 8.42 Å². The topological polar surface area (TPSA) is 64.0 Å². The Morgan fingerprint density at radius 3 is 2.69 bits per heavy atom. The van der Waals surface area contributed by atoms with Crippen molar-refractivity contribution in [3.63, 3.8) is 0 Å². The number of nitrogens with zero attached hydrogens (tertiary/aromatic N) is 2. The molecule has 16 heavy (non-hydrogen) atoms. The Kier molecular flexibility index (Phi) is 4.49. The van der Waals surface area contributed by atoms with Crippen LogP contribution in [0.15, 0.2) is 6.07 Å². The maximum atomic E-state index is 10.9. The standard InChI is InChI=1S/C10H19N3O2S/c1-9-7-10(13(2)12-9)8-11-5-4-6-16(3,14)15/h7,11H,4-6,8H2,1-3H3. The van der Waals surface area contributed by atoms with Gasteiger partial charge in [0.2, 0.25) is 0 Å². The van der Waals surface area contributed by atoms with Crippen molar-refractivity contribution >= 4 is 9.84 Å². The summed E-state index contributed by atoms with van der Waals surface area (Å²) in [5.41, 5.74) is 2.10. The summed E-state index contributed by atoms with van der Waals surface area (Å²) in [4.78, 5) is 0. The van der Waals surface area contributed by atoms with Crippen molar-refractivity contribution in [3.8, 4) is 0 Å². The monoisotopic (exact) mass is 245 g/mol. The molecule has 0 atom stereocenters. The van der Waals surface area contributed by atoms with Gasteiger partial charge in [-0.2, -0.15) is 5.10 Å². The Balaban J connectivity index is 2.24. The van der Waals surface area contributed by atoms with Crippen molar-refractivity contribution < 1.29 is 8.42 Å². The zero-order chi connectivity index (χ0) is 12.2. The van der Waals surface area contributed by atoms with Gasteiger partial charge in [0, 0.05) is 19.8 Å². The third kappa shape index (κ3) is 4.76. The van der Waals surface area contributed by atoms with Crippen molar-refractivity contribution in [1.29, 1.82) is 0 Å². The highest BCUT2D eigenvalue weighted by molar-refractivity contribution is 7.90. The van der Waals surface area contributed by atoms with E-state index >= 15 is 0 Å². The van der Waals surface area contributed by atoms with Crippen molar-refractivity contribution in [2.45, 2.75) is 19.9 Å². The molecule has 5 nitrogen and oxygen atoms in total. The van der Waals surface area contributed by atoms with Crippen molar-refractivity contribution in [1.82, 2.24) is 15.1 Å². The van der Waals surface area contributed by atoms with Crippen LogP contribution in [0, 0.1) is 6.92 Å². The van der Waals surface area contributed by atoms with E-state index in [4.69, 9.17) is 0 Å². The average Bonchev–Trinajstić information content (AvgIpc) is 2.42. The van der Waals surface area contributed by atoms with Gasteiger partial charge in [0.1, 0.15) is 9.84 Å². The predicted octanol–water partition coefficient (Wildman–Crippen LogP) is 0.253. The Morgan fingerprint density at radius 1 is 1.50 bits per heavy atom. The molecule has 0 spiro atoms. The number of nitrogens with one attached hydrogen (secondary N) is 1. The van der Waals surface area contributed by atoms with Gasteiger partial charge in [-0.1, -0.05) is 0 Å². The molecule has 0 saturated heterocycles. The first kappa shape index (κ1) is 13.2. The lowest BCUT2D eigenvalue weighted by Crippen LogP contribution is -2.19. The number of aromatic nitrogens is 2. The molecule has 0 radical (unpaired) electrons. The SMILES string of the molecule is Cc1cc(CNCCCS(C)(=O)=O)n(C)n1. The van der Waals surface area contributed by atoms with Gasteiger partial charge in [-0.05, 0) is 26.0 Å². The van der Waals surface area contributed by atoms with Crippen LogP contribution in [0.5, 0.6) is 0 Å². The Hall–Kier alpha value is -0.880. The molecular weight excluding hydrogens is 226 g/mol. The molecule has 1 rings (SSSR count). The van der Waals surface area contributed by atoms with Gasteiger partial charge < -0.3 is 5.32 Å². The van der Waals surface area contributed by atoms with Crippen LogP contribution in [-0.2, 0) is 23.4 Å². The molecule has 0 aliphatic rings. The van der Waals surface area contributed by atoms with Gasteiger partial charge in [0.15, 0.2) is 0 Å². The van der Waals surface area contributed by atoms with Crippen LogP contribution in [0.4, 0.5) is 0 Å². The lowest BCUT2D eigenvalue weighted by molar-refractivity contribution is 0.589. The Labute approximate surface area is 96.8 Å². The molecular formula is C10H19N3O2S. The van der Waals surface area contributed by atoms with Crippen LogP contribution in [0.1, 0.15) is 17.8 Å². The van der Waals surface area contributed by atoms with Gasteiger partial charge in [-0.3, -0.25) is 4.68 Å². The van der Waals surface area contributed by atoms with E-state index in [2.05, 4.69) is 10.4 Å². The fourth-order valence-electron chi connectivity index (χ4n) is 1.51. The highest BCUT2D eigenvalue weighted by Crippen LogP contribution is 2.00. The molecule has 1 heterocycles. The summed E-state index contributed by atoms with van der Waals surface area (Å²) in [5, 5.41) is 7.43. The van der Waals surface area contributed by atoms with Gasteiger partial charge in [0.25, 0.3) is 0 Å². The summed E-state index contributed by atoms with van der Waals surface area (Å²) in [6.07, 6.45) is 1.91. The van der Waals surface area contributed by atoms with Crippen LogP contribution in [0.3, 0.4) is 0 Å². The molecule has 0 unspecified atom stereocenters. The third-order valence-electron chi connectivity index (χ3n) is 2.27. The lowest BCUT2D eigenvalue weighted by atomic mass is 10.3. The molecule has 0 aliphatic heterocycles. The smallest absolute Gasteiger partial charge is 0.147 e. The number of aryl methyl sites for hydroxylation is 2. The lowest BCUT2D eigenvalue weighted by Gasteiger charge is -2.04. The van der Waals surface area contributed by atoms with Crippen LogP contribution in [-0.4, -0.2) is 36.8 Å². The first-order valence-electron chi connectivity index (χ1n) is 5.26. The second-order valence-electron chi connectivity index (χ2n) is 4.06. The fraction of sp³-hybridized carbons (Fsp3) is 0.700. The molecule has 0 bridgehead atoms. The molecule has 0 aromatic carbocycles. The number of hydrogen-bond acceptors (Lipinski definition) is 4. The van der Waals surface area contributed by atoms with Crippen molar-refractivity contribution in [2.75, 3.05) is 18.6 Å². The van der Waals surface area contributed by atoms with Crippen LogP contribution in [0.25, 0.3) is 0 Å². The molecule has 6 heteroatoms. The molecule has 1 aromatic heterocycles. The van der Waals surface area contributed by atoms with Gasteiger partial charge in [0.05, 0.1) is 17.1 Å². The molecule has 0 aliphatic carbocycles. The van der Waals surface area contributed by atoms with Crippen LogP contribution < -0.4 is 5.32 Å². The Bertz CT molecular complexity index is 437. The second-order valence-corrected chi connectivity index (χ2v) is 6.32. The predicted molar refractivity (Wildman–Crippen MR) is 64.0 cm³/mol. The van der Waals surface area contributed by atoms with E-state index in [9.17, 15) is 8.42 Å². The summed E-state index contributed by atoms with van der Waals surface area (Å²) < 4.78 is 23.6. The van der Waals surface area contributed by atoms with E-state index in [1.807, 2.05) is 24.7 Å². The zero-order valence-electron chi connectivity index (χ0n) is 10.0. The largest absolute Gasteiger partial charge is 0.311 e. The first-order chi connectivity index (χ1) is 7.38. The average molecular weight is 245 g/mol. The number of hydrogen-bond donors (Lipinski definition) is 1. The zero-order valence-corrected chi connectivity index (χ0v) is 10.8. The number of rotatable bonds is 6. The van der Waals surface area contributed by atoms with E-state index in [0.717, 1.165) is 17.9 Å². The molecule has 0 amide bonds. The molecule has 0 fully saturated rings. The molecule has 1 N–H and O–H groups in total. The summed E-state index contributed by atoms with van der Waals surface area (Å²) in [5.74, 6) is 0.240. The van der Waals surface area contributed by atoms with E-state index < -0.39 is 9.84 Å². The summed E-state index contributed by atoms with van der Waals surface area (Å²) in [6.45, 7) is 3.38. The van der Waals surface area contributed by atoms with E-state index in [1.165, 1.54) is 6.26 Å². The number of sulfone groups is 1. The van der Waals surface area contributed by atoms with Crippen molar-refractivity contribution in [3.05, 3.63) is 17.5 Å². The van der Waals surface area contributed by atoms with E-state index in [1.54, 1.807) is 0 Å². The van der Waals surface area contributed by atoms with Crippen LogP contribution in [0.2, 0.25) is 0 Å². The minimum Gasteiger partial charge on any atom is -0.311 e. The minimum atomic E-state index is -2.83. The summed E-state index contributed by atoms with van der Waals surface area (Å²) >= 11 is 0. The fourth-order valence-corrected chi connectivity index (χ4v) is 2.17. The van der Waals surface area contributed by atoms with Gasteiger partial charge >= 0.3 is 0 Å². The summed E-state index contributed by atoms with van der Waals surface area (Å²) in [6, 6.07) is 2.02. The Morgan fingerprint density at radius 2 is 2.19 bits per heavy atom. The second kappa shape index (κ2) is 5.45. The quantitative estimate of drug-likeness (QED) is 0.730. The first-order valence-corrected chi connectivity index (χ1v) is 7.32. The maximum Gasteiger partial charge on any atom is 0.147 e. The molecule has 1 aromatic rings. The molecule has 92 valence electrons. The summed E-state index contributed by atoms with van der Waals surface area (Å²) in [7, 11) is -0.928. The van der Waals surface area contributed by atoms with Gasteiger partial charge in [-0.15, -0.1) is 0 Å². The van der Waals surface area contributed by atoms with Crippen LogP contribution >= 0.6 is 0 Å². The maximum absolute atomic E-state index is 10.9.